The number of ether oxygens (including phenoxy) is 3. The van der Waals surface area contributed by atoms with Crippen LogP contribution >= 0.6 is 24.0 Å². The summed E-state index contributed by atoms with van der Waals surface area (Å²) < 4.78 is 30.4. The summed E-state index contributed by atoms with van der Waals surface area (Å²) in [4.78, 5) is 4.20. The highest BCUT2D eigenvalue weighted by Gasteiger charge is 2.15. The Kier molecular flexibility index (Phi) is 12.4. The highest BCUT2D eigenvalue weighted by Crippen LogP contribution is 2.17. The van der Waals surface area contributed by atoms with Crippen LogP contribution in [0.5, 0.6) is 5.75 Å². The number of nitrogens with zero attached hydrogens (tertiary/aromatic N) is 1. The number of benzene rings is 1. The van der Waals surface area contributed by atoms with Gasteiger partial charge in [0.2, 0.25) is 0 Å². The van der Waals surface area contributed by atoms with Crippen molar-refractivity contribution < 1.29 is 18.6 Å². The molecule has 27 heavy (non-hydrogen) atoms. The molecule has 1 heterocycles. The zero-order valence-electron chi connectivity index (χ0n) is 16.1. The van der Waals surface area contributed by atoms with Crippen molar-refractivity contribution in [3.8, 4) is 5.75 Å². The highest BCUT2D eigenvalue weighted by atomic mass is 127. The molecule has 0 radical (unpaired) electrons. The predicted molar refractivity (Wildman–Crippen MR) is 116 cm³/mol. The van der Waals surface area contributed by atoms with Gasteiger partial charge in [-0.15, -0.1) is 24.0 Å². The van der Waals surface area contributed by atoms with Crippen molar-refractivity contribution in [1.82, 2.24) is 10.6 Å². The lowest BCUT2D eigenvalue weighted by molar-refractivity contribution is 0.0420. The van der Waals surface area contributed by atoms with Gasteiger partial charge < -0.3 is 24.8 Å². The van der Waals surface area contributed by atoms with Crippen LogP contribution in [-0.4, -0.2) is 58.1 Å². The maximum absolute atomic E-state index is 13.7. The first-order valence-corrected chi connectivity index (χ1v) is 9.28. The Morgan fingerprint density at radius 3 is 2.85 bits per heavy atom. The number of aliphatic imine (C=N–C) groups is 1. The molecular formula is C19H31FIN3O3. The molecule has 1 aliphatic rings. The van der Waals surface area contributed by atoms with Gasteiger partial charge in [0, 0.05) is 26.8 Å². The average molecular weight is 495 g/mol. The fraction of sp³-hybridized carbons (Fsp3) is 0.632. The Morgan fingerprint density at radius 1 is 1.37 bits per heavy atom. The second kappa shape index (κ2) is 14.0. The molecule has 2 atom stereocenters. The van der Waals surface area contributed by atoms with E-state index >= 15 is 0 Å². The van der Waals surface area contributed by atoms with E-state index in [1.165, 1.54) is 6.07 Å². The summed E-state index contributed by atoms with van der Waals surface area (Å²) in [6, 6.07) is 6.45. The second-order valence-electron chi connectivity index (χ2n) is 6.17. The molecule has 0 aliphatic carbocycles. The van der Waals surface area contributed by atoms with Crippen molar-refractivity contribution in [2.75, 3.05) is 40.0 Å². The fourth-order valence-corrected chi connectivity index (χ4v) is 2.59. The number of para-hydroxylation sites is 1. The third-order valence-corrected chi connectivity index (χ3v) is 4.16. The van der Waals surface area contributed by atoms with E-state index in [0.717, 1.165) is 32.4 Å². The SMILES string of the molecule is CCC(CNC(=NC)NCCCOC1CCOC1)Oc1ccccc1F.I. The first kappa shape index (κ1) is 23.9. The van der Waals surface area contributed by atoms with Gasteiger partial charge in [0.05, 0.1) is 19.3 Å². The molecule has 2 unspecified atom stereocenters. The zero-order valence-corrected chi connectivity index (χ0v) is 18.4. The molecule has 154 valence electrons. The third kappa shape index (κ3) is 9.07. The molecule has 8 heteroatoms. The number of guanidine groups is 1. The smallest absolute Gasteiger partial charge is 0.191 e. The van der Waals surface area contributed by atoms with Gasteiger partial charge in [0.1, 0.15) is 6.10 Å². The van der Waals surface area contributed by atoms with Gasteiger partial charge in [-0.2, -0.15) is 0 Å². The Labute approximate surface area is 178 Å². The zero-order chi connectivity index (χ0) is 18.6. The van der Waals surface area contributed by atoms with Crippen LogP contribution in [0.25, 0.3) is 0 Å². The predicted octanol–water partition coefficient (Wildman–Crippen LogP) is 2.96. The molecule has 1 aromatic rings. The van der Waals surface area contributed by atoms with Crippen molar-refractivity contribution in [1.29, 1.82) is 0 Å². The second-order valence-corrected chi connectivity index (χ2v) is 6.17. The van der Waals surface area contributed by atoms with Crippen LogP contribution in [0.3, 0.4) is 0 Å². The van der Waals surface area contributed by atoms with E-state index in [0.29, 0.717) is 25.7 Å². The normalized spacial score (nSPS) is 17.9. The maximum Gasteiger partial charge on any atom is 0.191 e. The van der Waals surface area contributed by atoms with Crippen LogP contribution in [-0.2, 0) is 9.47 Å². The number of halogens is 2. The van der Waals surface area contributed by atoms with E-state index in [9.17, 15) is 4.39 Å². The van der Waals surface area contributed by atoms with E-state index in [-0.39, 0.29) is 47.8 Å². The molecule has 2 rings (SSSR count). The van der Waals surface area contributed by atoms with Crippen molar-refractivity contribution >= 4 is 29.9 Å². The van der Waals surface area contributed by atoms with Gasteiger partial charge in [0.25, 0.3) is 0 Å². The summed E-state index contributed by atoms with van der Waals surface area (Å²) in [6.07, 6.45) is 2.73. The van der Waals surface area contributed by atoms with Crippen molar-refractivity contribution in [2.45, 2.75) is 38.4 Å². The summed E-state index contributed by atoms with van der Waals surface area (Å²) in [7, 11) is 1.72. The monoisotopic (exact) mass is 495 g/mol. The van der Waals surface area contributed by atoms with Gasteiger partial charge in [-0.1, -0.05) is 19.1 Å². The highest BCUT2D eigenvalue weighted by molar-refractivity contribution is 14.0. The van der Waals surface area contributed by atoms with Crippen LogP contribution in [0.1, 0.15) is 26.2 Å². The molecule has 0 saturated carbocycles. The van der Waals surface area contributed by atoms with E-state index in [2.05, 4.69) is 15.6 Å². The summed E-state index contributed by atoms with van der Waals surface area (Å²) in [6.45, 7) is 5.52. The molecule has 0 bridgehead atoms. The van der Waals surface area contributed by atoms with Gasteiger partial charge in [-0.05, 0) is 31.4 Å². The van der Waals surface area contributed by atoms with Crippen LogP contribution in [0, 0.1) is 5.82 Å². The molecule has 1 saturated heterocycles. The van der Waals surface area contributed by atoms with E-state index in [1.807, 2.05) is 6.92 Å². The molecule has 6 nitrogen and oxygen atoms in total. The summed E-state index contributed by atoms with van der Waals surface area (Å²) >= 11 is 0. The summed E-state index contributed by atoms with van der Waals surface area (Å²) in [5.74, 6) is 0.628. The number of hydrogen-bond acceptors (Lipinski definition) is 4. The van der Waals surface area contributed by atoms with Crippen LogP contribution in [0.15, 0.2) is 29.3 Å². The molecule has 1 fully saturated rings. The Morgan fingerprint density at radius 2 is 2.19 bits per heavy atom. The lowest BCUT2D eigenvalue weighted by Gasteiger charge is -2.20. The van der Waals surface area contributed by atoms with Crippen molar-refractivity contribution in [3.05, 3.63) is 30.1 Å². The van der Waals surface area contributed by atoms with Gasteiger partial charge in [0.15, 0.2) is 17.5 Å². The molecule has 2 N–H and O–H groups in total. The molecule has 1 aliphatic heterocycles. The topological polar surface area (TPSA) is 64.1 Å². The Bertz CT molecular complexity index is 557. The quantitative estimate of drug-likeness (QED) is 0.226. The summed E-state index contributed by atoms with van der Waals surface area (Å²) in [5, 5.41) is 6.47. The third-order valence-electron chi connectivity index (χ3n) is 4.16. The molecule has 1 aromatic carbocycles. The summed E-state index contributed by atoms with van der Waals surface area (Å²) in [5.41, 5.74) is 0. The number of hydrogen-bond donors (Lipinski definition) is 2. The number of rotatable bonds is 10. The molecule has 0 aromatic heterocycles. The maximum atomic E-state index is 13.7. The lowest BCUT2D eigenvalue weighted by Crippen LogP contribution is -2.43. The largest absolute Gasteiger partial charge is 0.486 e. The van der Waals surface area contributed by atoms with Crippen LogP contribution in [0.2, 0.25) is 0 Å². The minimum absolute atomic E-state index is 0. The molecule has 0 amide bonds. The molecular weight excluding hydrogens is 464 g/mol. The van der Waals surface area contributed by atoms with Crippen LogP contribution in [0.4, 0.5) is 4.39 Å². The van der Waals surface area contributed by atoms with E-state index < -0.39 is 0 Å². The van der Waals surface area contributed by atoms with Gasteiger partial charge >= 0.3 is 0 Å². The minimum atomic E-state index is -0.346. The lowest BCUT2D eigenvalue weighted by atomic mass is 10.2. The van der Waals surface area contributed by atoms with E-state index in [4.69, 9.17) is 14.2 Å². The average Bonchev–Trinajstić information content (AvgIpc) is 3.17. The van der Waals surface area contributed by atoms with Crippen LogP contribution < -0.4 is 15.4 Å². The van der Waals surface area contributed by atoms with Gasteiger partial charge in [-0.3, -0.25) is 4.99 Å². The minimum Gasteiger partial charge on any atom is -0.486 e. The van der Waals surface area contributed by atoms with Crippen molar-refractivity contribution in [2.24, 2.45) is 4.99 Å². The Balaban J connectivity index is 0.00000364. The van der Waals surface area contributed by atoms with E-state index in [1.54, 1.807) is 25.2 Å². The first-order chi connectivity index (χ1) is 12.7. The first-order valence-electron chi connectivity index (χ1n) is 9.28. The van der Waals surface area contributed by atoms with Crippen molar-refractivity contribution in [3.63, 3.8) is 0 Å². The van der Waals surface area contributed by atoms with Gasteiger partial charge in [-0.25, -0.2) is 4.39 Å². The Hall–Kier alpha value is -1.13. The fourth-order valence-electron chi connectivity index (χ4n) is 2.59. The number of nitrogens with one attached hydrogen (secondary N) is 2. The molecule has 0 spiro atoms. The standard InChI is InChI=1S/C19H30FN3O3.HI/c1-3-15(26-18-8-5-4-7-17(18)20)13-23-19(21-2)22-10-6-11-25-16-9-12-24-14-16;/h4-5,7-8,15-16H,3,6,9-14H2,1-2H3,(H2,21,22,23);1H.